The van der Waals surface area contributed by atoms with Crippen molar-refractivity contribution in [1.82, 2.24) is 14.6 Å². The van der Waals surface area contributed by atoms with Crippen LogP contribution in [0.2, 0.25) is 10.0 Å². The number of piperidine rings is 1. The quantitative estimate of drug-likeness (QED) is 0.745. The molecule has 0 atom stereocenters. The minimum Gasteiger partial charge on any atom is -0.350 e. The monoisotopic (exact) mass is 441 g/mol. The minimum atomic E-state index is -3.48. The number of hydrogen-bond donors (Lipinski definition) is 1. The fraction of sp³-hybridized carbons (Fsp3) is 0.368. The molecule has 1 fully saturated rings. The number of rotatable bonds is 6. The number of aromatic nitrogens is 1. The van der Waals surface area contributed by atoms with Gasteiger partial charge in [0.15, 0.2) is 0 Å². The van der Waals surface area contributed by atoms with Gasteiger partial charge < -0.3 is 5.32 Å². The third-order valence-corrected chi connectivity index (χ3v) is 7.31. The lowest BCUT2D eigenvalue weighted by Crippen LogP contribution is -2.43. The first kappa shape index (κ1) is 21.0. The van der Waals surface area contributed by atoms with Crippen LogP contribution in [0.5, 0.6) is 0 Å². The number of carbonyl (C=O) groups excluding carboxylic acids is 1. The van der Waals surface area contributed by atoms with E-state index in [1.54, 1.807) is 24.4 Å². The van der Waals surface area contributed by atoms with Gasteiger partial charge >= 0.3 is 0 Å². The summed E-state index contributed by atoms with van der Waals surface area (Å²) in [6.07, 6.45) is 2.67. The molecule has 1 aromatic heterocycles. The molecule has 1 saturated heterocycles. The van der Waals surface area contributed by atoms with E-state index < -0.39 is 10.0 Å². The summed E-state index contributed by atoms with van der Waals surface area (Å²) >= 11 is 11.8. The number of pyridine rings is 1. The maximum absolute atomic E-state index is 12.7. The Morgan fingerprint density at radius 2 is 1.89 bits per heavy atom. The maximum Gasteiger partial charge on any atom is 0.223 e. The summed E-state index contributed by atoms with van der Waals surface area (Å²) in [6.45, 7) is 1.02. The molecule has 1 N–H and O–H groups in total. The Balaban J connectivity index is 1.52. The third kappa shape index (κ3) is 5.44. The molecule has 1 aromatic carbocycles. The Kier molecular flexibility index (Phi) is 6.93. The summed E-state index contributed by atoms with van der Waals surface area (Å²) in [5.74, 6) is -0.396. The molecule has 3 rings (SSSR count). The van der Waals surface area contributed by atoms with E-state index in [-0.39, 0.29) is 17.6 Å². The van der Waals surface area contributed by atoms with Crippen molar-refractivity contribution in [1.29, 1.82) is 0 Å². The number of nitrogens with zero attached hydrogens (tertiary/aromatic N) is 2. The number of sulfonamides is 1. The minimum absolute atomic E-state index is 0.0628. The highest BCUT2D eigenvalue weighted by molar-refractivity contribution is 7.88. The van der Waals surface area contributed by atoms with Crippen LogP contribution in [0.4, 0.5) is 0 Å². The summed E-state index contributed by atoms with van der Waals surface area (Å²) in [6, 6.07) is 10.3. The molecule has 2 aromatic rings. The summed E-state index contributed by atoms with van der Waals surface area (Å²) < 4.78 is 26.8. The molecule has 0 aliphatic carbocycles. The van der Waals surface area contributed by atoms with Crippen molar-refractivity contribution in [3.05, 3.63) is 63.9 Å². The molecule has 150 valence electrons. The highest BCUT2D eigenvalue weighted by Crippen LogP contribution is 2.26. The van der Waals surface area contributed by atoms with E-state index in [4.69, 9.17) is 23.2 Å². The standard InChI is InChI=1S/C19H21Cl2N3O3S/c20-17-5-4-14(11-18(17)21)13-28(26,27)24-9-6-15(7-10-24)19(25)23-12-16-3-1-2-8-22-16/h1-5,8,11,15H,6-7,9-10,12-13H2,(H,23,25). The third-order valence-electron chi connectivity index (χ3n) is 4.72. The second-order valence-corrected chi connectivity index (χ2v) is 9.50. The summed E-state index contributed by atoms with van der Waals surface area (Å²) in [7, 11) is -3.48. The number of halogens is 2. The van der Waals surface area contributed by atoms with Crippen molar-refractivity contribution < 1.29 is 13.2 Å². The van der Waals surface area contributed by atoms with Gasteiger partial charge in [0.05, 0.1) is 28.0 Å². The molecule has 6 nitrogen and oxygen atoms in total. The molecular formula is C19H21Cl2N3O3S. The Hall–Kier alpha value is -1.67. The van der Waals surface area contributed by atoms with Crippen molar-refractivity contribution in [2.75, 3.05) is 13.1 Å². The van der Waals surface area contributed by atoms with E-state index in [1.165, 1.54) is 4.31 Å². The molecule has 1 aliphatic rings. The van der Waals surface area contributed by atoms with E-state index in [0.29, 0.717) is 48.1 Å². The highest BCUT2D eigenvalue weighted by Gasteiger charge is 2.31. The zero-order valence-electron chi connectivity index (χ0n) is 15.1. The first-order chi connectivity index (χ1) is 13.3. The van der Waals surface area contributed by atoms with Crippen LogP contribution in [-0.2, 0) is 27.1 Å². The van der Waals surface area contributed by atoms with Crippen LogP contribution in [0.25, 0.3) is 0 Å². The van der Waals surface area contributed by atoms with Crippen LogP contribution in [-0.4, -0.2) is 36.7 Å². The van der Waals surface area contributed by atoms with Crippen LogP contribution in [0.15, 0.2) is 42.6 Å². The molecule has 2 heterocycles. The van der Waals surface area contributed by atoms with E-state index in [9.17, 15) is 13.2 Å². The fourth-order valence-corrected chi connectivity index (χ4v) is 5.02. The van der Waals surface area contributed by atoms with Gasteiger partial charge in [-0.3, -0.25) is 9.78 Å². The van der Waals surface area contributed by atoms with Crippen molar-refractivity contribution >= 4 is 39.1 Å². The van der Waals surface area contributed by atoms with Gasteiger partial charge in [0.25, 0.3) is 0 Å². The SMILES string of the molecule is O=C(NCc1ccccn1)C1CCN(S(=O)(=O)Cc2ccc(Cl)c(Cl)c2)CC1. The van der Waals surface area contributed by atoms with E-state index in [2.05, 4.69) is 10.3 Å². The zero-order chi connectivity index (χ0) is 20.1. The molecule has 9 heteroatoms. The van der Waals surface area contributed by atoms with Crippen LogP contribution in [0.1, 0.15) is 24.1 Å². The van der Waals surface area contributed by atoms with Gasteiger partial charge in [0.2, 0.25) is 15.9 Å². The van der Waals surface area contributed by atoms with Gasteiger partial charge in [-0.15, -0.1) is 0 Å². The molecule has 28 heavy (non-hydrogen) atoms. The van der Waals surface area contributed by atoms with Gasteiger partial charge in [0.1, 0.15) is 0 Å². The molecule has 0 bridgehead atoms. The Morgan fingerprint density at radius 1 is 1.14 bits per heavy atom. The van der Waals surface area contributed by atoms with Gasteiger partial charge in [-0.05, 0) is 42.7 Å². The lowest BCUT2D eigenvalue weighted by Gasteiger charge is -2.30. The molecule has 1 amide bonds. The van der Waals surface area contributed by atoms with Crippen molar-refractivity contribution in [2.24, 2.45) is 5.92 Å². The van der Waals surface area contributed by atoms with Gasteiger partial charge in [-0.25, -0.2) is 12.7 Å². The van der Waals surface area contributed by atoms with Gasteiger partial charge in [-0.1, -0.05) is 35.3 Å². The first-order valence-corrected chi connectivity index (χ1v) is 11.3. The molecule has 1 aliphatic heterocycles. The van der Waals surface area contributed by atoms with E-state index >= 15 is 0 Å². The molecular weight excluding hydrogens is 421 g/mol. The van der Waals surface area contributed by atoms with Crippen LogP contribution in [0, 0.1) is 5.92 Å². The average molecular weight is 442 g/mol. The largest absolute Gasteiger partial charge is 0.350 e. The second-order valence-electron chi connectivity index (χ2n) is 6.72. The topological polar surface area (TPSA) is 79.4 Å². The number of hydrogen-bond acceptors (Lipinski definition) is 4. The lowest BCUT2D eigenvalue weighted by molar-refractivity contribution is -0.126. The number of nitrogens with one attached hydrogen (secondary N) is 1. The fourth-order valence-electron chi connectivity index (χ4n) is 3.15. The predicted molar refractivity (Wildman–Crippen MR) is 109 cm³/mol. The predicted octanol–water partition coefficient (Wildman–Crippen LogP) is 3.25. The lowest BCUT2D eigenvalue weighted by atomic mass is 9.97. The summed E-state index contributed by atoms with van der Waals surface area (Å²) in [5.41, 5.74) is 1.38. The van der Waals surface area contributed by atoms with Crippen molar-refractivity contribution in [3.63, 3.8) is 0 Å². The zero-order valence-corrected chi connectivity index (χ0v) is 17.5. The number of amides is 1. The van der Waals surface area contributed by atoms with Crippen LogP contribution < -0.4 is 5.32 Å². The second kappa shape index (κ2) is 9.22. The Morgan fingerprint density at radius 3 is 2.54 bits per heavy atom. The van der Waals surface area contributed by atoms with Crippen molar-refractivity contribution in [2.45, 2.75) is 25.1 Å². The van der Waals surface area contributed by atoms with Crippen LogP contribution >= 0.6 is 23.2 Å². The molecule has 0 radical (unpaired) electrons. The molecule has 0 unspecified atom stereocenters. The number of carbonyl (C=O) groups is 1. The van der Waals surface area contributed by atoms with Crippen LogP contribution in [0.3, 0.4) is 0 Å². The molecule has 0 spiro atoms. The molecule has 0 saturated carbocycles. The van der Waals surface area contributed by atoms with Gasteiger partial charge in [-0.2, -0.15) is 0 Å². The Labute approximate surface area is 174 Å². The summed E-state index contributed by atoms with van der Waals surface area (Å²) in [4.78, 5) is 16.5. The number of benzene rings is 1. The highest BCUT2D eigenvalue weighted by atomic mass is 35.5. The Bertz CT molecular complexity index is 931. The first-order valence-electron chi connectivity index (χ1n) is 8.94. The van der Waals surface area contributed by atoms with E-state index in [1.807, 2.05) is 18.2 Å². The van der Waals surface area contributed by atoms with Crippen molar-refractivity contribution in [3.8, 4) is 0 Å². The average Bonchev–Trinajstić information content (AvgIpc) is 2.69. The summed E-state index contributed by atoms with van der Waals surface area (Å²) in [5, 5.41) is 3.60. The normalized spacial score (nSPS) is 16.1. The smallest absolute Gasteiger partial charge is 0.223 e. The van der Waals surface area contributed by atoms with E-state index in [0.717, 1.165) is 5.69 Å². The van der Waals surface area contributed by atoms with Gasteiger partial charge in [0, 0.05) is 25.2 Å². The maximum atomic E-state index is 12.7.